The van der Waals surface area contributed by atoms with Gasteiger partial charge in [0, 0.05) is 24.6 Å². The molecule has 0 aliphatic carbocycles. The van der Waals surface area contributed by atoms with Gasteiger partial charge in [-0.2, -0.15) is 0 Å². The second-order valence-corrected chi connectivity index (χ2v) is 4.80. The predicted octanol–water partition coefficient (Wildman–Crippen LogP) is 0.815. The zero-order valence-electron chi connectivity index (χ0n) is 12.6. The highest BCUT2D eigenvalue weighted by Gasteiger charge is 2.10. The zero-order chi connectivity index (χ0) is 16.1. The quantitative estimate of drug-likeness (QED) is 0.767. The Balaban J connectivity index is 2.00. The monoisotopic (exact) mass is 305 g/mol. The summed E-state index contributed by atoms with van der Waals surface area (Å²) in [5, 5.41) is 2.67. The number of amides is 2. The maximum atomic E-state index is 11.2. The standard InChI is InChI=1S/C14H19N5O3/c1-3-22-14(21)16-6-4-5-10-7-19-8-11(12(15)20)18-13(19)17-9(10)2/h7-8H,3-6H2,1-2H3,(H2,15,20)(H,16,21). The minimum atomic E-state index is -0.580. The highest BCUT2D eigenvalue weighted by Crippen LogP contribution is 2.11. The minimum Gasteiger partial charge on any atom is -0.450 e. The third kappa shape index (κ3) is 3.72. The van der Waals surface area contributed by atoms with Gasteiger partial charge in [0.2, 0.25) is 5.78 Å². The van der Waals surface area contributed by atoms with Crippen molar-refractivity contribution >= 4 is 17.8 Å². The molecule has 8 heteroatoms. The van der Waals surface area contributed by atoms with Crippen molar-refractivity contribution in [1.82, 2.24) is 19.7 Å². The first-order valence-corrected chi connectivity index (χ1v) is 7.07. The largest absolute Gasteiger partial charge is 0.450 e. The molecule has 0 spiro atoms. The summed E-state index contributed by atoms with van der Waals surface area (Å²) in [5.74, 6) is -0.136. The summed E-state index contributed by atoms with van der Waals surface area (Å²) in [5.41, 5.74) is 7.26. The lowest BCUT2D eigenvalue weighted by molar-refractivity contribution is 0.0996. The predicted molar refractivity (Wildman–Crippen MR) is 79.6 cm³/mol. The highest BCUT2D eigenvalue weighted by atomic mass is 16.5. The summed E-state index contributed by atoms with van der Waals surface area (Å²) in [6, 6.07) is 0. The molecule has 0 fully saturated rings. The van der Waals surface area contributed by atoms with Crippen LogP contribution in [0, 0.1) is 6.92 Å². The normalized spacial score (nSPS) is 10.6. The number of rotatable bonds is 6. The highest BCUT2D eigenvalue weighted by molar-refractivity contribution is 5.91. The Morgan fingerprint density at radius 2 is 2.14 bits per heavy atom. The van der Waals surface area contributed by atoms with Crippen molar-refractivity contribution in [2.45, 2.75) is 26.7 Å². The molecule has 8 nitrogen and oxygen atoms in total. The molecule has 0 saturated heterocycles. The van der Waals surface area contributed by atoms with Crippen molar-refractivity contribution in [1.29, 1.82) is 0 Å². The number of primary amides is 1. The second-order valence-electron chi connectivity index (χ2n) is 4.80. The van der Waals surface area contributed by atoms with Gasteiger partial charge < -0.3 is 15.8 Å². The zero-order valence-corrected chi connectivity index (χ0v) is 12.6. The van der Waals surface area contributed by atoms with Crippen molar-refractivity contribution in [2.24, 2.45) is 5.73 Å². The van der Waals surface area contributed by atoms with E-state index < -0.39 is 12.0 Å². The van der Waals surface area contributed by atoms with Crippen LogP contribution < -0.4 is 11.1 Å². The van der Waals surface area contributed by atoms with E-state index in [2.05, 4.69) is 15.3 Å². The Bertz CT molecular complexity index is 695. The van der Waals surface area contributed by atoms with Crippen LogP contribution in [0.4, 0.5) is 4.79 Å². The van der Waals surface area contributed by atoms with Gasteiger partial charge in [-0.3, -0.25) is 9.20 Å². The number of carbonyl (C=O) groups is 2. The fourth-order valence-electron chi connectivity index (χ4n) is 2.06. The number of aromatic nitrogens is 3. The topological polar surface area (TPSA) is 112 Å². The molecule has 0 unspecified atom stereocenters. The lowest BCUT2D eigenvalue weighted by Crippen LogP contribution is -2.25. The molecular weight excluding hydrogens is 286 g/mol. The maximum Gasteiger partial charge on any atom is 0.407 e. The summed E-state index contributed by atoms with van der Waals surface area (Å²) < 4.78 is 6.46. The fraction of sp³-hybridized carbons (Fsp3) is 0.429. The summed E-state index contributed by atoms with van der Waals surface area (Å²) >= 11 is 0. The van der Waals surface area contributed by atoms with E-state index in [0.29, 0.717) is 18.9 Å². The Hall–Kier alpha value is -2.64. The number of aryl methyl sites for hydroxylation is 2. The van der Waals surface area contributed by atoms with E-state index in [-0.39, 0.29) is 5.69 Å². The molecular formula is C14H19N5O3. The van der Waals surface area contributed by atoms with Gasteiger partial charge >= 0.3 is 6.09 Å². The van der Waals surface area contributed by atoms with E-state index in [1.165, 1.54) is 0 Å². The minimum absolute atomic E-state index is 0.188. The molecule has 2 amide bonds. The molecule has 0 aromatic carbocycles. The lowest BCUT2D eigenvalue weighted by atomic mass is 10.1. The van der Waals surface area contributed by atoms with Crippen molar-refractivity contribution in [3.63, 3.8) is 0 Å². The number of fused-ring (bicyclic) bond motifs is 1. The average molecular weight is 305 g/mol. The number of ether oxygens (including phenoxy) is 1. The van der Waals surface area contributed by atoms with Crippen LogP contribution in [0.3, 0.4) is 0 Å². The number of nitrogens with one attached hydrogen (secondary N) is 1. The molecule has 0 radical (unpaired) electrons. The number of hydrogen-bond donors (Lipinski definition) is 2. The Kier molecular flexibility index (Phi) is 4.92. The molecule has 0 atom stereocenters. The third-order valence-corrected chi connectivity index (χ3v) is 3.16. The van der Waals surface area contributed by atoms with Crippen LogP contribution in [0.25, 0.3) is 5.78 Å². The maximum absolute atomic E-state index is 11.2. The van der Waals surface area contributed by atoms with Gasteiger partial charge in [-0.1, -0.05) is 0 Å². The molecule has 0 saturated carbocycles. The van der Waals surface area contributed by atoms with Gasteiger partial charge in [-0.15, -0.1) is 0 Å². The summed E-state index contributed by atoms with van der Waals surface area (Å²) in [6.45, 7) is 4.52. The molecule has 0 aliphatic heterocycles. The Morgan fingerprint density at radius 1 is 1.36 bits per heavy atom. The molecule has 118 valence electrons. The van der Waals surface area contributed by atoms with Crippen molar-refractivity contribution in [3.8, 4) is 0 Å². The summed E-state index contributed by atoms with van der Waals surface area (Å²) in [7, 11) is 0. The molecule has 3 N–H and O–H groups in total. The molecule has 22 heavy (non-hydrogen) atoms. The second kappa shape index (κ2) is 6.88. The third-order valence-electron chi connectivity index (χ3n) is 3.16. The number of carbonyl (C=O) groups excluding carboxylic acids is 2. The number of imidazole rings is 1. The van der Waals surface area contributed by atoms with Crippen molar-refractivity contribution < 1.29 is 14.3 Å². The average Bonchev–Trinajstić information content (AvgIpc) is 2.87. The van der Waals surface area contributed by atoms with Gasteiger partial charge in [0.15, 0.2) is 0 Å². The van der Waals surface area contributed by atoms with Gasteiger partial charge in [0.05, 0.1) is 6.61 Å². The number of hydrogen-bond acceptors (Lipinski definition) is 5. The van der Waals surface area contributed by atoms with E-state index in [1.807, 2.05) is 13.1 Å². The Labute approximate surface area is 127 Å². The molecule has 0 aliphatic rings. The summed E-state index contributed by atoms with van der Waals surface area (Å²) in [4.78, 5) is 30.7. The number of nitrogens with zero attached hydrogens (tertiary/aromatic N) is 3. The van der Waals surface area contributed by atoms with Crippen molar-refractivity contribution in [3.05, 3.63) is 29.3 Å². The van der Waals surface area contributed by atoms with Gasteiger partial charge in [0.1, 0.15) is 5.69 Å². The molecule has 2 heterocycles. The van der Waals surface area contributed by atoms with Gasteiger partial charge in [-0.25, -0.2) is 14.8 Å². The van der Waals surface area contributed by atoms with E-state index in [1.54, 1.807) is 17.5 Å². The van der Waals surface area contributed by atoms with Crippen LogP contribution >= 0.6 is 0 Å². The SMILES string of the molecule is CCOC(=O)NCCCc1cn2cc(C(N)=O)nc2nc1C. The van der Waals surface area contributed by atoms with Crippen LogP contribution in [0.1, 0.15) is 35.1 Å². The lowest BCUT2D eigenvalue weighted by Gasteiger charge is -2.07. The smallest absolute Gasteiger partial charge is 0.407 e. The van der Waals surface area contributed by atoms with Crippen LogP contribution in [0.5, 0.6) is 0 Å². The summed E-state index contributed by atoms with van der Waals surface area (Å²) in [6.07, 6.45) is 4.52. The fourth-order valence-corrected chi connectivity index (χ4v) is 2.06. The first-order chi connectivity index (χ1) is 10.5. The van der Waals surface area contributed by atoms with E-state index in [4.69, 9.17) is 10.5 Å². The molecule has 0 bridgehead atoms. The van der Waals surface area contributed by atoms with Gasteiger partial charge in [-0.05, 0) is 32.3 Å². The van der Waals surface area contributed by atoms with Crippen LogP contribution in [-0.4, -0.2) is 39.5 Å². The van der Waals surface area contributed by atoms with Crippen LogP contribution in [-0.2, 0) is 11.2 Å². The Morgan fingerprint density at radius 3 is 2.82 bits per heavy atom. The van der Waals surface area contributed by atoms with Crippen LogP contribution in [0.15, 0.2) is 12.4 Å². The van der Waals surface area contributed by atoms with E-state index >= 15 is 0 Å². The molecule has 2 aromatic rings. The van der Waals surface area contributed by atoms with Crippen LogP contribution in [0.2, 0.25) is 0 Å². The molecule has 2 rings (SSSR count). The number of alkyl carbamates (subject to hydrolysis) is 1. The van der Waals surface area contributed by atoms with Gasteiger partial charge in [0.25, 0.3) is 5.91 Å². The number of nitrogens with two attached hydrogens (primary N) is 1. The molecule has 2 aromatic heterocycles. The van der Waals surface area contributed by atoms with E-state index in [0.717, 1.165) is 24.1 Å². The van der Waals surface area contributed by atoms with E-state index in [9.17, 15) is 9.59 Å². The first-order valence-electron chi connectivity index (χ1n) is 7.07. The first kappa shape index (κ1) is 15.7. The van der Waals surface area contributed by atoms with Crippen molar-refractivity contribution in [2.75, 3.05) is 13.2 Å².